The SMILES string of the molecule is CCS(=N)(=O)c1cnc(N2CCC(F)(F)C2)c(-c2cc3ccccc3[nH]2)c1. The lowest BCUT2D eigenvalue weighted by Crippen LogP contribution is -2.26. The van der Waals surface area contributed by atoms with E-state index in [1.165, 1.54) is 6.20 Å². The molecule has 0 spiro atoms. The van der Waals surface area contributed by atoms with Gasteiger partial charge in [0.15, 0.2) is 0 Å². The van der Waals surface area contributed by atoms with E-state index >= 15 is 0 Å². The van der Waals surface area contributed by atoms with Gasteiger partial charge in [-0.15, -0.1) is 0 Å². The maximum atomic E-state index is 13.8. The minimum Gasteiger partial charge on any atom is -0.354 e. The van der Waals surface area contributed by atoms with E-state index in [0.717, 1.165) is 10.9 Å². The molecule has 1 aromatic carbocycles. The molecule has 1 aliphatic rings. The van der Waals surface area contributed by atoms with Crippen molar-refractivity contribution in [3.8, 4) is 11.3 Å². The van der Waals surface area contributed by atoms with Crippen LogP contribution in [0.25, 0.3) is 22.2 Å². The Morgan fingerprint density at radius 3 is 2.78 bits per heavy atom. The number of aromatic nitrogens is 2. The first-order valence-corrected chi connectivity index (χ1v) is 10.5. The van der Waals surface area contributed by atoms with Crippen molar-refractivity contribution in [3.05, 3.63) is 42.6 Å². The average Bonchev–Trinajstić information content (AvgIpc) is 3.24. The molecular weight excluding hydrogens is 370 g/mol. The summed E-state index contributed by atoms with van der Waals surface area (Å²) in [6.45, 7) is 1.50. The van der Waals surface area contributed by atoms with E-state index in [1.807, 2.05) is 30.3 Å². The first-order chi connectivity index (χ1) is 12.8. The number of alkyl halides is 2. The Bertz CT molecular complexity index is 1070. The fraction of sp³-hybridized carbons (Fsp3) is 0.316. The van der Waals surface area contributed by atoms with Crippen molar-refractivity contribution in [2.24, 2.45) is 0 Å². The van der Waals surface area contributed by atoms with Gasteiger partial charge in [-0.2, -0.15) is 0 Å². The van der Waals surface area contributed by atoms with Crippen LogP contribution in [0.4, 0.5) is 14.6 Å². The molecule has 0 amide bonds. The first kappa shape index (κ1) is 17.9. The van der Waals surface area contributed by atoms with Gasteiger partial charge in [-0.1, -0.05) is 25.1 Å². The smallest absolute Gasteiger partial charge is 0.266 e. The third kappa shape index (κ3) is 3.29. The lowest BCUT2D eigenvalue weighted by Gasteiger charge is -2.21. The van der Waals surface area contributed by atoms with E-state index in [1.54, 1.807) is 17.9 Å². The lowest BCUT2D eigenvalue weighted by atomic mass is 10.1. The summed E-state index contributed by atoms with van der Waals surface area (Å²) in [5, 5.41) is 0.984. The molecule has 3 heterocycles. The molecule has 1 aliphatic heterocycles. The zero-order valence-corrected chi connectivity index (χ0v) is 15.7. The van der Waals surface area contributed by atoms with Crippen LogP contribution in [0.2, 0.25) is 0 Å². The Morgan fingerprint density at radius 2 is 2.11 bits per heavy atom. The van der Waals surface area contributed by atoms with Gasteiger partial charge in [-0.3, -0.25) is 0 Å². The molecule has 2 aromatic heterocycles. The zero-order chi connectivity index (χ0) is 19.2. The largest absolute Gasteiger partial charge is 0.354 e. The topological polar surface area (TPSA) is 72.8 Å². The Morgan fingerprint density at radius 1 is 1.33 bits per heavy atom. The molecule has 8 heteroatoms. The molecule has 0 saturated carbocycles. The molecular formula is C19H20F2N4OS. The number of hydrogen-bond acceptors (Lipinski definition) is 4. The van der Waals surface area contributed by atoms with E-state index < -0.39 is 22.2 Å². The van der Waals surface area contributed by atoms with Crippen LogP contribution >= 0.6 is 0 Å². The molecule has 1 unspecified atom stereocenters. The number of hydrogen-bond donors (Lipinski definition) is 2. The van der Waals surface area contributed by atoms with Gasteiger partial charge in [0.1, 0.15) is 5.82 Å². The highest BCUT2D eigenvalue weighted by atomic mass is 32.2. The van der Waals surface area contributed by atoms with Crippen LogP contribution in [0.15, 0.2) is 47.5 Å². The number of nitrogens with one attached hydrogen (secondary N) is 2. The molecule has 1 saturated heterocycles. The summed E-state index contributed by atoms with van der Waals surface area (Å²) in [6, 6.07) is 11.3. The highest BCUT2D eigenvalue weighted by Crippen LogP contribution is 2.37. The van der Waals surface area contributed by atoms with Crippen LogP contribution in [-0.4, -0.2) is 38.9 Å². The number of H-pyrrole nitrogens is 1. The molecule has 3 aromatic rings. The Labute approximate surface area is 156 Å². The van der Waals surface area contributed by atoms with Gasteiger partial charge in [0.2, 0.25) is 0 Å². The quantitative estimate of drug-likeness (QED) is 0.689. The number of anilines is 1. The van der Waals surface area contributed by atoms with Crippen molar-refractivity contribution in [2.75, 3.05) is 23.7 Å². The highest BCUT2D eigenvalue weighted by Gasteiger charge is 2.39. The number of nitrogens with zero attached hydrogens (tertiary/aromatic N) is 2. The van der Waals surface area contributed by atoms with Crippen LogP contribution < -0.4 is 4.90 Å². The molecule has 0 radical (unpaired) electrons. The van der Waals surface area contributed by atoms with Crippen LogP contribution in [-0.2, 0) is 9.73 Å². The number of pyridine rings is 1. The minimum atomic E-state index is -2.96. The predicted octanol–water partition coefficient (Wildman–Crippen LogP) is 4.50. The van der Waals surface area contributed by atoms with Crippen molar-refractivity contribution in [2.45, 2.75) is 24.2 Å². The molecule has 0 aliphatic carbocycles. The van der Waals surface area contributed by atoms with E-state index in [4.69, 9.17) is 4.78 Å². The molecule has 142 valence electrons. The summed E-state index contributed by atoms with van der Waals surface area (Å²) in [5.41, 5.74) is 2.22. The Hall–Kier alpha value is -2.48. The van der Waals surface area contributed by atoms with Gasteiger partial charge >= 0.3 is 0 Å². The summed E-state index contributed by atoms with van der Waals surface area (Å²) in [5.74, 6) is -2.15. The molecule has 4 rings (SSSR count). The number of halogens is 2. The van der Waals surface area contributed by atoms with Crippen LogP contribution in [0.3, 0.4) is 0 Å². The second kappa shape index (κ2) is 6.30. The first-order valence-electron chi connectivity index (χ1n) is 8.76. The van der Waals surface area contributed by atoms with E-state index in [2.05, 4.69) is 9.97 Å². The van der Waals surface area contributed by atoms with Gasteiger partial charge in [0.05, 0.1) is 26.9 Å². The monoisotopic (exact) mass is 390 g/mol. The van der Waals surface area contributed by atoms with Crippen LogP contribution in [0, 0.1) is 4.78 Å². The maximum Gasteiger partial charge on any atom is 0.266 e. The van der Waals surface area contributed by atoms with Crippen molar-refractivity contribution in [1.82, 2.24) is 9.97 Å². The number of para-hydroxylation sites is 1. The number of aromatic amines is 1. The average molecular weight is 390 g/mol. The van der Waals surface area contributed by atoms with Gasteiger partial charge in [-0.25, -0.2) is 22.8 Å². The van der Waals surface area contributed by atoms with E-state index in [-0.39, 0.29) is 18.7 Å². The fourth-order valence-electron chi connectivity index (χ4n) is 3.37. The maximum absolute atomic E-state index is 13.8. The van der Waals surface area contributed by atoms with Gasteiger partial charge < -0.3 is 9.88 Å². The Kier molecular flexibility index (Phi) is 4.18. The molecule has 2 N–H and O–H groups in total. The lowest BCUT2D eigenvalue weighted by molar-refractivity contribution is 0.0257. The van der Waals surface area contributed by atoms with E-state index in [0.29, 0.717) is 22.0 Å². The fourth-order valence-corrected chi connectivity index (χ4v) is 4.24. The van der Waals surface area contributed by atoms with E-state index in [9.17, 15) is 13.0 Å². The van der Waals surface area contributed by atoms with Gasteiger partial charge in [0.25, 0.3) is 5.92 Å². The van der Waals surface area contributed by atoms with Crippen LogP contribution in [0.1, 0.15) is 13.3 Å². The standard InChI is InChI=1S/C19H20F2N4OS/c1-2-27(22,26)14-10-15(17-9-13-5-3-4-6-16(13)24-17)18(23-11-14)25-8-7-19(20,21)12-25/h3-6,9-11,22,24H,2,7-8,12H2,1H3. The summed E-state index contributed by atoms with van der Waals surface area (Å²) in [4.78, 5) is 9.52. The number of benzene rings is 1. The highest BCUT2D eigenvalue weighted by molar-refractivity contribution is 7.92. The Balaban J connectivity index is 1.89. The summed E-state index contributed by atoms with van der Waals surface area (Å²) >= 11 is 0. The second-order valence-corrected chi connectivity index (χ2v) is 9.20. The third-order valence-electron chi connectivity index (χ3n) is 4.92. The molecule has 0 bridgehead atoms. The molecule has 1 atom stereocenters. The summed E-state index contributed by atoms with van der Waals surface area (Å²) in [7, 11) is -2.96. The zero-order valence-electron chi connectivity index (χ0n) is 14.8. The molecule has 1 fully saturated rings. The minimum absolute atomic E-state index is 0.169. The number of rotatable bonds is 4. The van der Waals surface area contributed by atoms with Gasteiger partial charge in [-0.05, 0) is 18.2 Å². The number of fused-ring (bicyclic) bond motifs is 1. The predicted molar refractivity (Wildman–Crippen MR) is 103 cm³/mol. The van der Waals surface area contributed by atoms with Crippen molar-refractivity contribution < 1.29 is 13.0 Å². The van der Waals surface area contributed by atoms with Gasteiger partial charge in [0, 0.05) is 41.4 Å². The third-order valence-corrected chi connectivity index (χ3v) is 6.72. The normalized spacial score (nSPS) is 18.7. The van der Waals surface area contributed by atoms with Crippen molar-refractivity contribution in [1.29, 1.82) is 4.78 Å². The molecule has 27 heavy (non-hydrogen) atoms. The second-order valence-electron chi connectivity index (χ2n) is 6.80. The summed E-state index contributed by atoms with van der Waals surface area (Å²) in [6.07, 6.45) is 1.17. The molecule has 5 nitrogen and oxygen atoms in total. The summed E-state index contributed by atoms with van der Waals surface area (Å²) < 4.78 is 48.1. The van der Waals surface area contributed by atoms with Crippen molar-refractivity contribution in [3.63, 3.8) is 0 Å². The van der Waals surface area contributed by atoms with Crippen LogP contribution in [0.5, 0.6) is 0 Å². The van der Waals surface area contributed by atoms with Crippen molar-refractivity contribution >= 4 is 26.4 Å².